The first kappa shape index (κ1) is 23.7. The Morgan fingerprint density at radius 3 is 2.65 bits per heavy atom. The summed E-state index contributed by atoms with van der Waals surface area (Å²) in [5.74, 6) is 0.343. The van der Waals surface area contributed by atoms with Crippen LogP contribution in [0.25, 0.3) is 22.6 Å². The molecule has 2 aromatic heterocycles. The van der Waals surface area contributed by atoms with E-state index in [1.165, 1.54) is 12.1 Å². The van der Waals surface area contributed by atoms with E-state index in [0.29, 0.717) is 47.6 Å². The van der Waals surface area contributed by atoms with Crippen molar-refractivity contribution in [1.82, 2.24) is 25.3 Å². The number of benzene rings is 1. The molecule has 11 heteroatoms. The number of imidazole rings is 1. The van der Waals surface area contributed by atoms with Gasteiger partial charge in [0.1, 0.15) is 5.82 Å². The lowest BCUT2D eigenvalue weighted by atomic mass is 9.91. The van der Waals surface area contributed by atoms with Gasteiger partial charge in [-0.25, -0.2) is 19.3 Å². The van der Waals surface area contributed by atoms with Gasteiger partial charge in [-0.1, -0.05) is 0 Å². The highest BCUT2D eigenvalue weighted by molar-refractivity contribution is 5.82. The fraction of sp³-hybridized carbons (Fsp3) is 0.391. The minimum Gasteiger partial charge on any atom is -0.383 e. The highest BCUT2D eigenvalue weighted by Gasteiger charge is 2.40. The third-order valence-electron chi connectivity index (χ3n) is 5.45. The molecule has 1 amide bonds. The molecule has 180 valence electrons. The zero-order valence-corrected chi connectivity index (χ0v) is 19.2. The van der Waals surface area contributed by atoms with Crippen LogP contribution in [0.3, 0.4) is 0 Å². The van der Waals surface area contributed by atoms with Gasteiger partial charge < -0.3 is 29.8 Å². The summed E-state index contributed by atoms with van der Waals surface area (Å²) in [6.07, 6.45) is 0.835. The Morgan fingerprint density at radius 2 is 1.97 bits per heavy atom. The third kappa shape index (κ3) is 5.06. The Labute approximate surface area is 196 Å². The number of anilines is 1. The van der Waals surface area contributed by atoms with E-state index in [9.17, 15) is 9.18 Å². The van der Waals surface area contributed by atoms with Gasteiger partial charge in [0, 0.05) is 32.5 Å². The average molecular weight is 471 g/mol. The summed E-state index contributed by atoms with van der Waals surface area (Å²) in [5.41, 5.74) is 1.64. The van der Waals surface area contributed by atoms with E-state index in [1.54, 1.807) is 45.5 Å². The molecule has 1 fully saturated rings. The number of rotatable bonds is 8. The van der Waals surface area contributed by atoms with E-state index in [-0.39, 0.29) is 24.9 Å². The molecular weight excluding hydrogens is 443 g/mol. The molecule has 0 spiro atoms. The van der Waals surface area contributed by atoms with E-state index in [4.69, 9.17) is 19.2 Å². The Balaban J connectivity index is 1.66. The second-order valence-corrected chi connectivity index (χ2v) is 8.13. The zero-order chi connectivity index (χ0) is 24.1. The Morgan fingerprint density at radius 1 is 1.24 bits per heavy atom. The molecule has 1 aliphatic rings. The molecular formula is C23H27FN6O4. The minimum atomic E-state index is -0.799. The topological polar surface area (TPSA) is 123 Å². The molecule has 3 heterocycles. The number of aromatic nitrogens is 4. The number of aromatic amines is 1. The maximum absolute atomic E-state index is 13.5. The van der Waals surface area contributed by atoms with Gasteiger partial charge in [-0.3, -0.25) is 4.79 Å². The number of H-pyrrole nitrogens is 1. The molecule has 0 radical (unpaired) electrons. The number of amides is 1. The second-order valence-electron chi connectivity index (χ2n) is 8.13. The number of methoxy groups -OCH3 is 1. The summed E-state index contributed by atoms with van der Waals surface area (Å²) >= 11 is 0. The maximum atomic E-state index is 13.5. The van der Waals surface area contributed by atoms with Crippen molar-refractivity contribution in [1.29, 1.82) is 0 Å². The molecule has 0 bridgehead atoms. The van der Waals surface area contributed by atoms with Gasteiger partial charge in [0.15, 0.2) is 5.82 Å². The van der Waals surface area contributed by atoms with Crippen LogP contribution in [0.1, 0.15) is 19.0 Å². The fourth-order valence-electron chi connectivity index (χ4n) is 3.55. The van der Waals surface area contributed by atoms with Crippen molar-refractivity contribution >= 4 is 11.9 Å². The van der Waals surface area contributed by atoms with E-state index < -0.39 is 11.7 Å². The molecule has 3 aromatic rings. The first-order valence-corrected chi connectivity index (χ1v) is 10.8. The van der Waals surface area contributed by atoms with E-state index >= 15 is 0 Å². The molecule has 1 aromatic carbocycles. The zero-order valence-electron chi connectivity index (χ0n) is 19.2. The molecule has 1 saturated heterocycles. The largest absolute Gasteiger partial charge is 0.383 e. The average Bonchev–Trinajstić information content (AvgIpc) is 3.30. The lowest BCUT2D eigenvalue weighted by Gasteiger charge is -2.34. The number of hydrogen-bond acceptors (Lipinski definition) is 8. The van der Waals surface area contributed by atoms with Crippen molar-refractivity contribution < 1.29 is 23.4 Å². The molecule has 10 nitrogen and oxygen atoms in total. The maximum Gasteiger partial charge on any atom is 0.230 e. The third-order valence-corrected chi connectivity index (χ3v) is 5.45. The molecule has 0 saturated carbocycles. The van der Waals surface area contributed by atoms with Gasteiger partial charge in [0.25, 0.3) is 0 Å². The van der Waals surface area contributed by atoms with Gasteiger partial charge in [-0.2, -0.15) is 0 Å². The summed E-state index contributed by atoms with van der Waals surface area (Å²) in [6, 6.07) is 7.77. The summed E-state index contributed by atoms with van der Waals surface area (Å²) in [6.45, 7) is 3.17. The first-order valence-electron chi connectivity index (χ1n) is 10.8. The van der Waals surface area contributed by atoms with Crippen LogP contribution in [0.15, 0.2) is 36.5 Å². The number of carbonyl (C=O) groups is 1. The van der Waals surface area contributed by atoms with Gasteiger partial charge in [-0.15, -0.1) is 0 Å². The van der Waals surface area contributed by atoms with Crippen LogP contribution >= 0.6 is 0 Å². The standard InChI is InChI=1S/C23H27FN6O4/c1-23(21(31)25-2)12-33-20(34-13-23)19-29-17(14-4-6-15(24)7-5-14)18(30-19)16-8-9-26-22(28-16)27-10-11-32-3/h4-9,20H,10-13H2,1-3H3,(H,25,31)(H,29,30)(H,26,27,28). The summed E-state index contributed by atoms with van der Waals surface area (Å²) in [5, 5.41) is 5.73. The predicted molar refractivity (Wildman–Crippen MR) is 122 cm³/mol. The van der Waals surface area contributed by atoms with Crippen LogP contribution in [0.2, 0.25) is 0 Å². The van der Waals surface area contributed by atoms with Crippen LogP contribution in [0, 0.1) is 11.2 Å². The summed E-state index contributed by atoms with van der Waals surface area (Å²) in [7, 11) is 3.19. The highest BCUT2D eigenvalue weighted by atomic mass is 19.1. The lowest BCUT2D eigenvalue weighted by Crippen LogP contribution is -2.47. The number of carbonyl (C=O) groups excluding carboxylic acids is 1. The number of halogens is 1. The van der Waals surface area contributed by atoms with Crippen molar-refractivity contribution in [2.24, 2.45) is 5.41 Å². The van der Waals surface area contributed by atoms with Gasteiger partial charge >= 0.3 is 0 Å². The smallest absolute Gasteiger partial charge is 0.230 e. The van der Waals surface area contributed by atoms with Crippen LogP contribution in [0.4, 0.5) is 10.3 Å². The SMILES string of the molecule is CNC(=O)C1(C)COC(c2nc(-c3ccc(F)cc3)c(-c3ccnc(NCCOC)n3)[nH]2)OC1. The first-order chi connectivity index (χ1) is 16.4. The number of nitrogens with one attached hydrogen (secondary N) is 3. The van der Waals surface area contributed by atoms with Crippen LogP contribution in [-0.4, -0.2) is 66.4 Å². The van der Waals surface area contributed by atoms with Crippen molar-refractivity contribution in [2.75, 3.05) is 45.8 Å². The second kappa shape index (κ2) is 10.2. The molecule has 34 heavy (non-hydrogen) atoms. The fourth-order valence-corrected chi connectivity index (χ4v) is 3.55. The monoisotopic (exact) mass is 470 g/mol. The molecule has 0 aliphatic carbocycles. The number of hydrogen-bond donors (Lipinski definition) is 3. The minimum absolute atomic E-state index is 0.160. The molecule has 1 aliphatic heterocycles. The summed E-state index contributed by atoms with van der Waals surface area (Å²) < 4.78 is 30.3. The Kier molecular flexibility index (Phi) is 7.15. The molecule has 4 rings (SSSR count). The van der Waals surface area contributed by atoms with Gasteiger partial charge in [-0.05, 0) is 37.3 Å². The van der Waals surface area contributed by atoms with Crippen LogP contribution in [0.5, 0.6) is 0 Å². The molecule has 0 unspecified atom stereocenters. The van der Waals surface area contributed by atoms with Crippen molar-refractivity contribution in [3.8, 4) is 22.6 Å². The number of ether oxygens (including phenoxy) is 3. The van der Waals surface area contributed by atoms with E-state index in [2.05, 4.69) is 25.6 Å². The van der Waals surface area contributed by atoms with Crippen LogP contribution < -0.4 is 10.6 Å². The summed E-state index contributed by atoms with van der Waals surface area (Å²) in [4.78, 5) is 28.9. The number of nitrogens with zero attached hydrogens (tertiary/aromatic N) is 3. The molecule has 0 atom stereocenters. The van der Waals surface area contributed by atoms with Crippen molar-refractivity contribution in [2.45, 2.75) is 13.2 Å². The molecule has 3 N–H and O–H groups in total. The van der Waals surface area contributed by atoms with Crippen molar-refractivity contribution in [3.05, 3.63) is 48.2 Å². The van der Waals surface area contributed by atoms with Gasteiger partial charge in [0.05, 0.1) is 42.3 Å². The van der Waals surface area contributed by atoms with E-state index in [1.807, 2.05) is 0 Å². The highest BCUT2D eigenvalue weighted by Crippen LogP contribution is 2.35. The van der Waals surface area contributed by atoms with Crippen LogP contribution in [-0.2, 0) is 19.0 Å². The lowest BCUT2D eigenvalue weighted by molar-refractivity contribution is -0.230. The quantitative estimate of drug-likeness (QED) is 0.429. The normalized spacial score (nSPS) is 20.2. The predicted octanol–water partition coefficient (Wildman–Crippen LogP) is 2.53. The van der Waals surface area contributed by atoms with E-state index in [0.717, 1.165) is 0 Å². The van der Waals surface area contributed by atoms with Crippen molar-refractivity contribution in [3.63, 3.8) is 0 Å². The Bertz CT molecular complexity index is 1130. The van der Waals surface area contributed by atoms with Gasteiger partial charge in [0.2, 0.25) is 18.1 Å². The Hall–Kier alpha value is -3.41.